The average molecular weight is 244 g/mol. The molecule has 0 radical (unpaired) electrons. The normalized spacial score (nSPS) is 22.4. The second-order valence-electron chi connectivity index (χ2n) is 4.57. The summed E-state index contributed by atoms with van der Waals surface area (Å²) in [7, 11) is 1.35. The summed E-state index contributed by atoms with van der Waals surface area (Å²) in [6, 6.07) is 9.06. The first-order valence-corrected chi connectivity index (χ1v) is 5.92. The standard InChI is InChI=1S/C15H16O3/c1-9-10(2)13(15(17)18-3)12(9)14(16)11-7-5-4-6-8-11/h4-8,12-13H,1-3H3/t12-,13+/m0/s1. The van der Waals surface area contributed by atoms with Crippen LogP contribution in [0.4, 0.5) is 0 Å². The van der Waals surface area contributed by atoms with E-state index < -0.39 is 5.92 Å². The Kier molecular flexibility index (Phi) is 3.32. The Bertz CT molecular complexity index is 514. The maximum absolute atomic E-state index is 12.4. The number of esters is 1. The molecule has 0 amide bonds. The van der Waals surface area contributed by atoms with Gasteiger partial charge in [-0.2, -0.15) is 0 Å². The molecule has 1 aliphatic rings. The fraction of sp³-hybridized carbons (Fsp3) is 0.333. The highest BCUT2D eigenvalue weighted by atomic mass is 16.5. The minimum Gasteiger partial charge on any atom is -0.469 e. The first-order chi connectivity index (χ1) is 8.57. The minimum absolute atomic E-state index is 0.00546. The van der Waals surface area contributed by atoms with E-state index in [1.54, 1.807) is 12.1 Å². The number of allylic oxidation sites excluding steroid dienone is 1. The maximum Gasteiger partial charge on any atom is 0.313 e. The predicted molar refractivity (Wildman–Crippen MR) is 68.1 cm³/mol. The molecule has 2 atom stereocenters. The highest BCUT2D eigenvalue weighted by molar-refractivity contribution is 6.04. The van der Waals surface area contributed by atoms with Gasteiger partial charge in [-0.25, -0.2) is 0 Å². The number of rotatable bonds is 3. The van der Waals surface area contributed by atoms with Gasteiger partial charge >= 0.3 is 5.97 Å². The van der Waals surface area contributed by atoms with Crippen LogP contribution in [0.3, 0.4) is 0 Å². The van der Waals surface area contributed by atoms with Gasteiger partial charge < -0.3 is 4.74 Å². The van der Waals surface area contributed by atoms with Gasteiger partial charge in [0.15, 0.2) is 5.78 Å². The van der Waals surface area contributed by atoms with Crippen molar-refractivity contribution >= 4 is 11.8 Å². The second kappa shape index (κ2) is 4.77. The molecule has 0 fully saturated rings. The van der Waals surface area contributed by atoms with Crippen molar-refractivity contribution in [2.75, 3.05) is 7.11 Å². The van der Waals surface area contributed by atoms with Crippen LogP contribution in [0, 0.1) is 11.8 Å². The average Bonchev–Trinajstić information content (AvgIpc) is 2.43. The van der Waals surface area contributed by atoms with E-state index in [0.29, 0.717) is 5.56 Å². The van der Waals surface area contributed by atoms with Gasteiger partial charge in [0.1, 0.15) is 0 Å². The van der Waals surface area contributed by atoms with Crippen molar-refractivity contribution < 1.29 is 14.3 Å². The zero-order valence-corrected chi connectivity index (χ0v) is 10.8. The van der Waals surface area contributed by atoms with Crippen LogP contribution in [0.25, 0.3) is 0 Å². The summed E-state index contributed by atoms with van der Waals surface area (Å²) < 4.78 is 4.76. The molecular formula is C15H16O3. The summed E-state index contributed by atoms with van der Waals surface area (Å²) in [4.78, 5) is 24.1. The van der Waals surface area contributed by atoms with Crippen molar-refractivity contribution in [1.82, 2.24) is 0 Å². The molecule has 0 unspecified atom stereocenters. The zero-order valence-electron chi connectivity index (χ0n) is 10.8. The third-order valence-corrected chi connectivity index (χ3v) is 3.68. The topological polar surface area (TPSA) is 43.4 Å². The van der Waals surface area contributed by atoms with Crippen molar-refractivity contribution in [3.05, 3.63) is 47.0 Å². The van der Waals surface area contributed by atoms with Crippen LogP contribution in [0.1, 0.15) is 24.2 Å². The highest BCUT2D eigenvalue weighted by Crippen LogP contribution is 2.42. The SMILES string of the molecule is COC(=O)[C@@H]1C(C)=C(C)[C@@H]1C(=O)c1ccccc1. The molecule has 94 valence electrons. The van der Waals surface area contributed by atoms with E-state index in [0.717, 1.165) is 11.1 Å². The van der Waals surface area contributed by atoms with Gasteiger partial charge in [-0.15, -0.1) is 0 Å². The van der Waals surface area contributed by atoms with Crippen molar-refractivity contribution in [3.63, 3.8) is 0 Å². The van der Waals surface area contributed by atoms with Crippen molar-refractivity contribution in [3.8, 4) is 0 Å². The molecule has 0 aromatic heterocycles. The summed E-state index contributed by atoms with van der Waals surface area (Å²) in [6.07, 6.45) is 0. The van der Waals surface area contributed by atoms with E-state index in [9.17, 15) is 9.59 Å². The van der Waals surface area contributed by atoms with E-state index in [-0.39, 0.29) is 17.7 Å². The van der Waals surface area contributed by atoms with Crippen molar-refractivity contribution in [2.24, 2.45) is 11.8 Å². The number of hydrogen-bond donors (Lipinski definition) is 0. The summed E-state index contributed by atoms with van der Waals surface area (Å²) in [6.45, 7) is 3.78. The number of ether oxygens (including phenoxy) is 1. The lowest BCUT2D eigenvalue weighted by atomic mass is 9.66. The molecule has 1 aliphatic carbocycles. The molecule has 0 N–H and O–H groups in total. The maximum atomic E-state index is 12.4. The van der Waals surface area contributed by atoms with E-state index in [1.165, 1.54) is 7.11 Å². The Morgan fingerprint density at radius 1 is 1.00 bits per heavy atom. The quantitative estimate of drug-likeness (QED) is 0.466. The summed E-state index contributed by atoms with van der Waals surface area (Å²) in [5.74, 6) is -1.11. The van der Waals surface area contributed by atoms with E-state index in [1.807, 2.05) is 32.0 Å². The smallest absolute Gasteiger partial charge is 0.313 e. The molecule has 0 spiro atoms. The van der Waals surface area contributed by atoms with Gasteiger partial charge in [0.2, 0.25) is 0 Å². The van der Waals surface area contributed by atoms with Crippen LogP contribution < -0.4 is 0 Å². The van der Waals surface area contributed by atoms with E-state index in [2.05, 4.69) is 0 Å². The Morgan fingerprint density at radius 2 is 1.56 bits per heavy atom. The second-order valence-corrected chi connectivity index (χ2v) is 4.57. The fourth-order valence-electron chi connectivity index (χ4n) is 2.46. The monoisotopic (exact) mass is 244 g/mol. The van der Waals surface area contributed by atoms with Crippen LogP contribution in [0.15, 0.2) is 41.5 Å². The van der Waals surface area contributed by atoms with E-state index >= 15 is 0 Å². The molecule has 18 heavy (non-hydrogen) atoms. The zero-order chi connectivity index (χ0) is 13.3. The van der Waals surface area contributed by atoms with Gasteiger partial charge in [0.25, 0.3) is 0 Å². The molecule has 0 heterocycles. The lowest BCUT2D eigenvalue weighted by Gasteiger charge is -2.36. The molecule has 0 aliphatic heterocycles. The first-order valence-electron chi connectivity index (χ1n) is 5.92. The molecular weight excluding hydrogens is 228 g/mol. The Labute approximate surface area is 106 Å². The first kappa shape index (κ1) is 12.6. The van der Waals surface area contributed by atoms with Crippen molar-refractivity contribution in [2.45, 2.75) is 13.8 Å². The number of methoxy groups -OCH3 is 1. The van der Waals surface area contributed by atoms with Gasteiger partial charge in [-0.3, -0.25) is 9.59 Å². The lowest BCUT2D eigenvalue weighted by Crippen LogP contribution is -2.40. The van der Waals surface area contributed by atoms with E-state index in [4.69, 9.17) is 4.74 Å². The fourth-order valence-corrected chi connectivity index (χ4v) is 2.46. The molecule has 1 aromatic rings. The lowest BCUT2D eigenvalue weighted by molar-refractivity contribution is -0.145. The van der Waals surface area contributed by atoms with Crippen LogP contribution in [-0.4, -0.2) is 18.9 Å². The third kappa shape index (κ3) is 1.86. The Hall–Kier alpha value is -1.90. The molecule has 0 saturated heterocycles. The molecule has 3 heteroatoms. The van der Waals surface area contributed by atoms with Gasteiger partial charge in [0.05, 0.1) is 18.9 Å². The predicted octanol–water partition coefficient (Wildman–Crippen LogP) is 2.62. The van der Waals surface area contributed by atoms with Crippen molar-refractivity contribution in [1.29, 1.82) is 0 Å². The molecule has 1 aromatic carbocycles. The number of Topliss-reactive ketones (excluding diaryl/α,β-unsaturated/α-hetero) is 1. The molecule has 0 saturated carbocycles. The Balaban J connectivity index is 2.29. The number of carbonyl (C=O) groups excluding carboxylic acids is 2. The summed E-state index contributed by atoms with van der Waals surface area (Å²) in [5, 5.41) is 0. The minimum atomic E-state index is -0.414. The molecule has 0 bridgehead atoms. The number of ketones is 1. The number of carbonyl (C=O) groups is 2. The Morgan fingerprint density at radius 3 is 2.11 bits per heavy atom. The van der Waals surface area contributed by atoms with Gasteiger partial charge in [-0.1, -0.05) is 41.5 Å². The van der Waals surface area contributed by atoms with Crippen LogP contribution in [0.2, 0.25) is 0 Å². The third-order valence-electron chi connectivity index (χ3n) is 3.68. The molecule has 3 nitrogen and oxygen atoms in total. The molecule has 2 rings (SSSR count). The summed E-state index contributed by atoms with van der Waals surface area (Å²) in [5.41, 5.74) is 2.58. The van der Waals surface area contributed by atoms with Gasteiger partial charge in [-0.05, 0) is 13.8 Å². The van der Waals surface area contributed by atoms with Crippen LogP contribution in [-0.2, 0) is 9.53 Å². The highest BCUT2D eigenvalue weighted by Gasteiger charge is 2.45. The summed E-state index contributed by atoms with van der Waals surface area (Å²) >= 11 is 0. The number of benzene rings is 1. The van der Waals surface area contributed by atoms with Gasteiger partial charge in [0, 0.05) is 5.56 Å². The van der Waals surface area contributed by atoms with Crippen LogP contribution in [0.5, 0.6) is 0 Å². The van der Waals surface area contributed by atoms with Crippen LogP contribution >= 0.6 is 0 Å². The number of hydrogen-bond acceptors (Lipinski definition) is 3. The largest absolute Gasteiger partial charge is 0.469 e.